The van der Waals surface area contributed by atoms with Crippen molar-refractivity contribution in [3.05, 3.63) is 64.1 Å². The first-order chi connectivity index (χ1) is 12.1. The van der Waals surface area contributed by atoms with Crippen molar-refractivity contribution < 1.29 is 9.59 Å². The number of anilines is 1. The highest BCUT2D eigenvalue weighted by Crippen LogP contribution is 2.18. The molecule has 2 aromatic carbocycles. The molecule has 0 bridgehead atoms. The second kappa shape index (κ2) is 8.54. The van der Waals surface area contributed by atoms with Crippen molar-refractivity contribution in [2.45, 2.75) is 6.42 Å². The fourth-order valence-corrected chi connectivity index (χ4v) is 4.02. The molecular formula is C19H19BrN2O2S. The molecular weight excluding hydrogens is 400 g/mol. The number of carbonyl (C=O) groups excluding carboxylic acids is 2. The molecule has 1 fully saturated rings. The van der Waals surface area contributed by atoms with Crippen LogP contribution in [0.4, 0.5) is 5.69 Å². The summed E-state index contributed by atoms with van der Waals surface area (Å²) in [6.07, 6.45) is 0.406. The Bertz CT molecular complexity index is 758. The number of halogens is 1. The maximum atomic E-state index is 12.3. The fraction of sp³-hybridized carbons (Fsp3) is 0.263. The minimum atomic E-state index is -0.165. The summed E-state index contributed by atoms with van der Waals surface area (Å²) in [5, 5.41) is 2.88. The predicted octanol–water partition coefficient (Wildman–Crippen LogP) is 3.82. The monoisotopic (exact) mass is 418 g/mol. The SMILES string of the molecule is O=C(Nc1ccc(CC(=O)N2CCSCC2)cc1)c1ccccc1Br. The van der Waals surface area contributed by atoms with Crippen LogP contribution in [0.5, 0.6) is 0 Å². The van der Waals surface area contributed by atoms with Gasteiger partial charge in [0.05, 0.1) is 12.0 Å². The normalized spacial score (nSPS) is 14.2. The largest absolute Gasteiger partial charge is 0.341 e. The zero-order valence-electron chi connectivity index (χ0n) is 13.7. The summed E-state index contributed by atoms with van der Waals surface area (Å²) in [5.41, 5.74) is 2.26. The zero-order valence-corrected chi connectivity index (χ0v) is 16.1. The lowest BCUT2D eigenvalue weighted by atomic mass is 10.1. The van der Waals surface area contributed by atoms with Crippen molar-refractivity contribution in [3.8, 4) is 0 Å². The molecule has 0 aromatic heterocycles. The number of rotatable bonds is 4. The molecule has 1 saturated heterocycles. The van der Waals surface area contributed by atoms with Gasteiger partial charge < -0.3 is 10.2 Å². The lowest BCUT2D eigenvalue weighted by Gasteiger charge is -2.26. The van der Waals surface area contributed by atoms with Crippen LogP contribution in [-0.2, 0) is 11.2 Å². The third kappa shape index (κ3) is 4.86. The van der Waals surface area contributed by atoms with Crippen molar-refractivity contribution in [3.63, 3.8) is 0 Å². The minimum absolute atomic E-state index is 0.165. The molecule has 4 nitrogen and oxygen atoms in total. The summed E-state index contributed by atoms with van der Waals surface area (Å²) >= 11 is 5.27. The van der Waals surface area contributed by atoms with E-state index in [1.807, 2.05) is 59.1 Å². The number of carbonyl (C=O) groups is 2. The Kier molecular flexibility index (Phi) is 6.15. The van der Waals surface area contributed by atoms with Crippen LogP contribution in [0.3, 0.4) is 0 Å². The van der Waals surface area contributed by atoms with Gasteiger partial charge in [0, 0.05) is 34.8 Å². The van der Waals surface area contributed by atoms with Crippen LogP contribution in [0.2, 0.25) is 0 Å². The number of nitrogens with one attached hydrogen (secondary N) is 1. The van der Waals surface area contributed by atoms with E-state index in [0.717, 1.165) is 34.6 Å². The molecule has 1 heterocycles. The topological polar surface area (TPSA) is 49.4 Å². The van der Waals surface area contributed by atoms with E-state index in [2.05, 4.69) is 21.2 Å². The maximum absolute atomic E-state index is 12.3. The summed E-state index contributed by atoms with van der Waals surface area (Å²) in [7, 11) is 0. The molecule has 2 aromatic rings. The number of benzene rings is 2. The summed E-state index contributed by atoms with van der Waals surface area (Å²) in [6.45, 7) is 1.67. The third-order valence-corrected chi connectivity index (χ3v) is 5.68. The number of hydrogen-bond acceptors (Lipinski definition) is 3. The Labute approximate surface area is 160 Å². The van der Waals surface area contributed by atoms with E-state index in [1.165, 1.54) is 0 Å². The van der Waals surface area contributed by atoms with E-state index in [1.54, 1.807) is 6.07 Å². The number of hydrogen-bond donors (Lipinski definition) is 1. The molecule has 0 radical (unpaired) electrons. The molecule has 0 atom stereocenters. The molecule has 3 rings (SSSR count). The second-order valence-electron chi connectivity index (χ2n) is 5.80. The Balaban J connectivity index is 1.59. The van der Waals surface area contributed by atoms with Crippen LogP contribution in [0.15, 0.2) is 53.0 Å². The molecule has 1 aliphatic rings. The van der Waals surface area contributed by atoms with Crippen LogP contribution < -0.4 is 5.32 Å². The standard InChI is InChI=1S/C19H19BrN2O2S/c20-17-4-2-1-3-16(17)19(24)21-15-7-5-14(6-8-15)13-18(23)22-9-11-25-12-10-22/h1-8H,9-13H2,(H,21,24). The Morgan fingerprint density at radius 1 is 1.04 bits per heavy atom. The molecule has 2 amide bonds. The van der Waals surface area contributed by atoms with E-state index in [4.69, 9.17) is 0 Å². The van der Waals surface area contributed by atoms with Gasteiger partial charge >= 0.3 is 0 Å². The van der Waals surface area contributed by atoms with Gasteiger partial charge in [-0.25, -0.2) is 0 Å². The highest BCUT2D eigenvalue weighted by Gasteiger charge is 2.17. The molecule has 0 spiro atoms. The fourth-order valence-electron chi connectivity index (χ4n) is 2.65. The Hall–Kier alpha value is -1.79. The van der Waals surface area contributed by atoms with E-state index >= 15 is 0 Å². The van der Waals surface area contributed by atoms with Gasteiger partial charge in [-0.15, -0.1) is 0 Å². The first-order valence-corrected chi connectivity index (χ1v) is 10.1. The molecule has 130 valence electrons. The molecule has 1 N–H and O–H groups in total. The van der Waals surface area contributed by atoms with Crippen molar-refractivity contribution in [1.29, 1.82) is 0 Å². The van der Waals surface area contributed by atoms with Crippen LogP contribution >= 0.6 is 27.7 Å². The lowest BCUT2D eigenvalue weighted by Crippen LogP contribution is -2.38. The molecule has 25 heavy (non-hydrogen) atoms. The van der Waals surface area contributed by atoms with Gasteiger partial charge in [-0.05, 0) is 45.8 Å². The molecule has 1 aliphatic heterocycles. The van der Waals surface area contributed by atoms with E-state index in [9.17, 15) is 9.59 Å². The van der Waals surface area contributed by atoms with Crippen molar-refractivity contribution >= 4 is 45.2 Å². The van der Waals surface area contributed by atoms with Crippen LogP contribution in [0.1, 0.15) is 15.9 Å². The van der Waals surface area contributed by atoms with Crippen molar-refractivity contribution in [2.75, 3.05) is 29.9 Å². The second-order valence-corrected chi connectivity index (χ2v) is 7.88. The quantitative estimate of drug-likeness (QED) is 0.820. The zero-order chi connectivity index (χ0) is 17.6. The lowest BCUT2D eigenvalue weighted by molar-refractivity contribution is -0.130. The van der Waals surface area contributed by atoms with Gasteiger partial charge in [0.2, 0.25) is 5.91 Å². The predicted molar refractivity (Wildman–Crippen MR) is 106 cm³/mol. The van der Waals surface area contributed by atoms with E-state index in [0.29, 0.717) is 17.7 Å². The Morgan fingerprint density at radius 2 is 1.72 bits per heavy atom. The van der Waals surface area contributed by atoms with Gasteiger partial charge in [0.25, 0.3) is 5.91 Å². The average Bonchev–Trinajstić information content (AvgIpc) is 2.64. The molecule has 0 unspecified atom stereocenters. The number of nitrogens with zero attached hydrogens (tertiary/aromatic N) is 1. The highest BCUT2D eigenvalue weighted by atomic mass is 79.9. The van der Waals surface area contributed by atoms with Crippen LogP contribution in [-0.4, -0.2) is 41.3 Å². The molecule has 6 heteroatoms. The smallest absolute Gasteiger partial charge is 0.256 e. The summed E-state index contributed by atoms with van der Waals surface area (Å²) in [5.74, 6) is 2.05. The molecule has 0 saturated carbocycles. The van der Waals surface area contributed by atoms with Crippen molar-refractivity contribution in [2.24, 2.45) is 0 Å². The van der Waals surface area contributed by atoms with Gasteiger partial charge in [0.1, 0.15) is 0 Å². The van der Waals surface area contributed by atoms with Crippen LogP contribution in [0, 0.1) is 0 Å². The van der Waals surface area contributed by atoms with Gasteiger partial charge in [-0.3, -0.25) is 9.59 Å². The number of amides is 2. The first-order valence-electron chi connectivity index (χ1n) is 8.14. The summed E-state index contributed by atoms with van der Waals surface area (Å²) in [6, 6.07) is 14.8. The molecule has 0 aliphatic carbocycles. The van der Waals surface area contributed by atoms with Crippen molar-refractivity contribution in [1.82, 2.24) is 4.90 Å². The minimum Gasteiger partial charge on any atom is -0.341 e. The third-order valence-electron chi connectivity index (χ3n) is 4.05. The van der Waals surface area contributed by atoms with E-state index < -0.39 is 0 Å². The first kappa shape index (κ1) is 18.0. The Morgan fingerprint density at radius 3 is 2.40 bits per heavy atom. The van der Waals surface area contributed by atoms with Gasteiger partial charge in [-0.2, -0.15) is 11.8 Å². The van der Waals surface area contributed by atoms with E-state index in [-0.39, 0.29) is 11.8 Å². The summed E-state index contributed by atoms with van der Waals surface area (Å²) in [4.78, 5) is 26.5. The summed E-state index contributed by atoms with van der Waals surface area (Å²) < 4.78 is 0.759. The van der Waals surface area contributed by atoms with Crippen LogP contribution in [0.25, 0.3) is 0 Å². The van der Waals surface area contributed by atoms with Gasteiger partial charge in [0.15, 0.2) is 0 Å². The van der Waals surface area contributed by atoms with Gasteiger partial charge in [-0.1, -0.05) is 24.3 Å². The highest BCUT2D eigenvalue weighted by molar-refractivity contribution is 9.10. The number of thioether (sulfide) groups is 1. The maximum Gasteiger partial charge on any atom is 0.256 e. The average molecular weight is 419 g/mol.